The monoisotopic (exact) mass is 509 g/mol. The fourth-order valence-corrected chi connectivity index (χ4v) is 4.24. The summed E-state index contributed by atoms with van der Waals surface area (Å²) in [5.41, 5.74) is 12.1. The molecule has 194 valence electrons. The lowest BCUT2D eigenvalue weighted by Gasteiger charge is -2.33. The number of carbonyl (C=O) groups is 2. The number of nitrogens with zero attached hydrogens (tertiary/aromatic N) is 3. The van der Waals surface area contributed by atoms with Gasteiger partial charge in [0, 0.05) is 48.6 Å². The predicted octanol–water partition coefficient (Wildman–Crippen LogP) is 3.32. The SMILES string of the molecule is CC(C)NC(=O)c1ccc(F)c(-c2nc(C(=O)Nc3cnccc3N3CCCC(N)C3)c(N)cc2F)c1. The number of piperidine rings is 1. The summed E-state index contributed by atoms with van der Waals surface area (Å²) in [4.78, 5) is 35.8. The van der Waals surface area contributed by atoms with Gasteiger partial charge in [-0.15, -0.1) is 0 Å². The van der Waals surface area contributed by atoms with Gasteiger partial charge in [0.05, 0.1) is 23.3 Å². The zero-order chi connectivity index (χ0) is 26.7. The summed E-state index contributed by atoms with van der Waals surface area (Å²) in [6.07, 6.45) is 4.93. The first-order chi connectivity index (χ1) is 17.6. The Hall–Kier alpha value is -4.12. The molecule has 0 bridgehead atoms. The second-order valence-electron chi connectivity index (χ2n) is 9.27. The third kappa shape index (κ3) is 5.83. The zero-order valence-electron chi connectivity index (χ0n) is 20.6. The van der Waals surface area contributed by atoms with Crippen LogP contribution in [-0.2, 0) is 0 Å². The second kappa shape index (κ2) is 10.9. The van der Waals surface area contributed by atoms with Gasteiger partial charge in [-0.1, -0.05) is 0 Å². The minimum absolute atomic E-state index is 0.00992. The predicted molar refractivity (Wildman–Crippen MR) is 138 cm³/mol. The fourth-order valence-electron chi connectivity index (χ4n) is 4.24. The number of nitrogens with two attached hydrogens (primary N) is 2. The van der Waals surface area contributed by atoms with E-state index >= 15 is 0 Å². The summed E-state index contributed by atoms with van der Waals surface area (Å²) in [5, 5.41) is 5.43. The number of amides is 2. The molecule has 3 heterocycles. The Morgan fingerprint density at radius 1 is 1.14 bits per heavy atom. The van der Waals surface area contributed by atoms with Crippen molar-refractivity contribution in [1.82, 2.24) is 15.3 Å². The maximum atomic E-state index is 14.9. The first-order valence-electron chi connectivity index (χ1n) is 12.0. The number of rotatable bonds is 6. The van der Waals surface area contributed by atoms with Crippen LogP contribution < -0.4 is 27.0 Å². The Balaban J connectivity index is 1.67. The van der Waals surface area contributed by atoms with E-state index in [1.165, 1.54) is 18.3 Å². The Bertz CT molecular complexity index is 1330. The van der Waals surface area contributed by atoms with Crippen LogP contribution in [0.3, 0.4) is 0 Å². The van der Waals surface area contributed by atoms with Crippen LogP contribution in [0.25, 0.3) is 11.3 Å². The third-order valence-electron chi connectivity index (χ3n) is 5.97. The van der Waals surface area contributed by atoms with Gasteiger partial charge in [-0.25, -0.2) is 13.8 Å². The second-order valence-corrected chi connectivity index (χ2v) is 9.27. The summed E-state index contributed by atoms with van der Waals surface area (Å²) in [5.74, 6) is -2.91. The number of pyridine rings is 2. The molecule has 2 aromatic heterocycles. The van der Waals surface area contributed by atoms with Crippen molar-refractivity contribution in [3.8, 4) is 11.3 Å². The number of hydrogen-bond acceptors (Lipinski definition) is 7. The van der Waals surface area contributed by atoms with Crippen LogP contribution in [-0.4, -0.2) is 47.0 Å². The first-order valence-corrected chi connectivity index (χ1v) is 12.0. The highest BCUT2D eigenvalue weighted by molar-refractivity contribution is 6.08. The van der Waals surface area contributed by atoms with Crippen molar-refractivity contribution in [3.63, 3.8) is 0 Å². The van der Waals surface area contributed by atoms with E-state index in [0.717, 1.165) is 37.2 Å². The average molecular weight is 510 g/mol. The van der Waals surface area contributed by atoms with Crippen LogP contribution in [0.2, 0.25) is 0 Å². The van der Waals surface area contributed by atoms with Crippen molar-refractivity contribution < 1.29 is 18.4 Å². The van der Waals surface area contributed by atoms with Crippen LogP contribution in [0.5, 0.6) is 0 Å². The molecule has 4 rings (SSSR count). The first kappa shape index (κ1) is 26.0. The van der Waals surface area contributed by atoms with E-state index < -0.39 is 29.1 Å². The topological polar surface area (TPSA) is 139 Å². The van der Waals surface area contributed by atoms with Crippen LogP contribution in [0.4, 0.5) is 25.8 Å². The van der Waals surface area contributed by atoms with E-state index in [4.69, 9.17) is 11.5 Å². The van der Waals surface area contributed by atoms with E-state index in [0.29, 0.717) is 12.2 Å². The molecule has 0 radical (unpaired) electrons. The number of hydrogen-bond donors (Lipinski definition) is 4. The van der Waals surface area contributed by atoms with Crippen molar-refractivity contribution in [3.05, 3.63) is 65.6 Å². The van der Waals surface area contributed by atoms with Crippen LogP contribution in [0, 0.1) is 11.6 Å². The molecule has 1 fully saturated rings. The molecule has 1 atom stereocenters. The third-order valence-corrected chi connectivity index (χ3v) is 5.97. The number of nitrogen functional groups attached to an aromatic ring is 1. The number of halogens is 2. The molecule has 1 saturated heterocycles. The van der Waals surface area contributed by atoms with E-state index in [9.17, 15) is 18.4 Å². The number of nitrogens with one attached hydrogen (secondary N) is 2. The molecule has 0 aliphatic carbocycles. The van der Waals surface area contributed by atoms with Crippen molar-refractivity contribution >= 4 is 28.9 Å². The zero-order valence-corrected chi connectivity index (χ0v) is 20.6. The maximum Gasteiger partial charge on any atom is 0.276 e. The van der Waals surface area contributed by atoms with Gasteiger partial charge in [-0.2, -0.15) is 0 Å². The molecule has 3 aromatic rings. The van der Waals surface area contributed by atoms with Crippen molar-refractivity contribution in [2.24, 2.45) is 5.73 Å². The maximum absolute atomic E-state index is 14.9. The van der Waals surface area contributed by atoms with Crippen molar-refractivity contribution in [2.75, 3.05) is 29.0 Å². The molecular weight excluding hydrogens is 480 g/mol. The van der Waals surface area contributed by atoms with Crippen LogP contribution in [0.15, 0.2) is 42.7 Å². The summed E-state index contributed by atoms with van der Waals surface area (Å²) in [6, 6.07) is 6.06. The van der Waals surface area contributed by atoms with Gasteiger partial charge in [0.15, 0.2) is 11.5 Å². The smallest absolute Gasteiger partial charge is 0.276 e. The number of anilines is 3. The van der Waals surface area contributed by atoms with Gasteiger partial charge < -0.3 is 27.0 Å². The van der Waals surface area contributed by atoms with Crippen molar-refractivity contribution in [1.29, 1.82) is 0 Å². The minimum atomic E-state index is -0.932. The minimum Gasteiger partial charge on any atom is -0.397 e. The van der Waals surface area contributed by atoms with Gasteiger partial charge in [0.2, 0.25) is 0 Å². The normalized spacial score (nSPS) is 15.5. The molecule has 37 heavy (non-hydrogen) atoms. The number of carbonyl (C=O) groups excluding carboxylic acids is 2. The Morgan fingerprint density at radius 2 is 1.92 bits per heavy atom. The Kier molecular flexibility index (Phi) is 7.63. The molecule has 1 unspecified atom stereocenters. The molecule has 0 saturated carbocycles. The molecule has 1 aliphatic heterocycles. The lowest BCUT2D eigenvalue weighted by Crippen LogP contribution is -2.43. The van der Waals surface area contributed by atoms with E-state index in [1.807, 2.05) is 0 Å². The Morgan fingerprint density at radius 3 is 2.65 bits per heavy atom. The molecule has 9 nitrogen and oxygen atoms in total. The molecule has 11 heteroatoms. The largest absolute Gasteiger partial charge is 0.397 e. The molecule has 2 amide bonds. The van der Waals surface area contributed by atoms with E-state index in [-0.39, 0.29) is 34.6 Å². The summed E-state index contributed by atoms with van der Waals surface area (Å²) in [6.45, 7) is 4.94. The van der Waals surface area contributed by atoms with Gasteiger partial charge in [-0.05, 0) is 51.0 Å². The van der Waals surface area contributed by atoms with E-state index in [2.05, 4.69) is 25.5 Å². The molecule has 1 aliphatic rings. The van der Waals surface area contributed by atoms with Gasteiger partial charge in [0.25, 0.3) is 11.8 Å². The van der Waals surface area contributed by atoms with Gasteiger partial charge in [0.1, 0.15) is 11.5 Å². The van der Waals surface area contributed by atoms with Crippen LogP contribution >= 0.6 is 0 Å². The highest BCUT2D eigenvalue weighted by Crippen LogP contribution is 2.30. The quantitative estimate of drug-likeness (QED) is 0.400. The van der Waals surface area contributed by atoms with Crippen LogP contribution in [0.1, 0.15) is 47.5 Å². The molecule has 0 spiro atoms. The number of aromatic nitrogens is 2. The fraction of sp³-hybridized carbons (Fsp3) is 0.308. The number of benzene rings is 1. The highest BCUT2D eigenvalue weighted by atomic mass is 19.1. The standard InChI is InChI=1S/C26H29F2N7O2/c1-14(2)32-25(36)15-5-6-18(27)17(10-15)23-19(28)11-20(30)24(34-23)26(37)33-21-12-31-8-7-22(21)35-9-3-4-16(29)13-35/h5-8,10-12,14,16H,3-4,9,13,29-30H2,1-2H3,(H,32,36)(H,33,37). The van der Waals surface area contributed by atoms with Crippen molar-refractivity contribution in [2.45, 2.75) is 38.8 Å². The lowest BCUT2D eigenvalue weighted by molar-refractivity contribution is 0.0942. The summed E-state index contributed by atoms with van der Waals surface area (Å²) < 4.78 is 29.6. The Labute approximate surface area is 213 Å². The lowest BCUT2D eigenvalue weighted by atomic mass is 10.0. The van der Waals surface area contributed by atoms with Gasteiger partial charge in [-0.3, -0.25) is 14.6 Å². The summed E-state index contributed by atoms with van der Waals surface area (Å²) in [7, 11) is 0. The average Bonchev–Trinajstić information content (AvgIpc) is 2.84. The van der Waals surface area contributed by atoms with E-state index in [1.54, 1.807) is 26.1 Å². The molecule has 1 aromatic carbocycles. The molecular formula is C26H29F2N7O2. The summed E-state index contributed by atoms with van der Waals surface area (Å²) >= 11 is 0. The molecule has 6 N–H and O–H groups in total. The highest BCUT2D eigenvalue weighted by Gasteiger charge is 2.24. The van der Waals surface area contributed by atoms with Gasteiger partial charge >= 0.3 is 0 Å².